The minimum atomic E-state index is -0.188. The highest BCUT2D eigenvalue weighted by molar-refractivity contribution is 6.00. The fourth-order valence-corrected chi connectivity index (χ4v) is 2.12. The van der Waals surface area contributed by atoms with Crippen LogP contribution in [-0.2, 0) is 20.9 Å². The van der Waals surface area contributed by atoms with Crippen molar-refractivity contribution in [3.63, 3.8) is 0 Å². The monoisotopic (exact) mass is 277 g/mol. The van der Waals surface area contributed by atoms with Crippen molar-refractivity contribution in [1.29, 1.82) is 0 Å². The molecule has 1 aliphatic rings. The lowest BCUT2D eigenvalue weighted by atomic mass is 10.1. The SMILES string of the molecule is COCCNC(=O)CN1C(=O)CNCc2ccccc21. The molecule has 0 fully saturated rings. The van der Waals surface area contributed by atoms with Crippen LogP contribution in [0, 0.1) is 0 Å². The number of carbonyl (C=O) groups is 2. The van der Waals surface area contributed by atoms with Crippen molar-refractivity contribution in [2.24, 2.45) is 0 Å². The maximum Gasteiger partial charge on any atom is 0.241 e. The van der Waals surface area contributed by atoms with Gasteiger partial charge < -0.3 is 20.3 Å². The van der Waals surface area contributed by atoms with E-state index in [1.165, 1.54) is 4.90 Å². The molecule has 1 aromatic carbocycles. The van der Waals surface area contributed by atoms with E-state index in [1.54, 1.807) is 7.11 Å². The zero-order chi connectivity index (χ0) is 14.4. The summed E-state index contributed by atoms with van der Waals surface area (Å²) >= 11 is 0. The molecule has 0 aromatic heterocycles. The third-order valence-electron chi connectivity index (χ3n) is 3.11. The first kappa shape index (κ1) is 14.5. The highest BCUT2D eigenvalue weighted by Gasteiger charge is 2.23. The van der Waals surface area contributed by atoms with Crippen LogP contribution in [0.3, 0.4) is 0 Å². The lowest BCUT2D eigenvalue weighted by Crippen LogP contribution is -2.43. The number of hydrogen-bond acceptors (Lipinski definition) is 4. The topological polar surface area (TPSA) is 70.7 Å². The number of nitrogens with zero attached hydrogens (tertiary/aromatic N) is 1. The standard InChI is InChI=1S/C14H19N3O3/c1-20-7-6-16-13(18)10-17-12-5-3-2-4-11(12)8-15-9-14(17)19/h2-5,15H,6-10H2,1H3,(H,16,18). The molecule has 108 valence electrons. The van der Waals surface area contributed by atoms with Crippen molar-refractivity contribution in [3.05, 3.63) is 29.8 Å². The summed E-state index contributed by atoms with van der Waals surface area (Å²) in [5, 5.41) is 5.79. The third kappa shape index (κ3) is 3.55. The van der Waals surface area contributed by atoms with Crippen LogP contribution in [0.25, 0.3) is 0 Å². The van der Waals surface area contributed by atoms with Crippen molar-refractivity contribution in [1.82, 2.24) is 10.6 Å². The molecule has 0 aliphatic carbocycles. The summed E-state index contributed by atoms with van der Waals surface area (Å²) < 4.78 is 4.87. The van der Waals surface area contributed by atoms with Gasteiger partial charge in [0.05, 0.1) is 13.2 Å². The maximum atomic E-state index is 12.1. The Kier molecular flexibility index (Phi) is 5.09. The first-order chi connectivity index (χ1) is 9.72. The molecule has 0 spiro atoms. The Morgan fingerprint density at radius 3 is 3.00 bits per heavy atom. The fourth-order valence-electron chi connectivity index (χ4n) is 2.12. The molecule has 20 heavy (non-hydrogen) atoms. The summed E-state index contributed by atoms with van der Waals surface area (Å²) in [4.78, 5) is 25.5. The van der Waals surface area contributed by atoms with Crippen molar-refractivity contribution in [3.8, 4) is 0 Å². The molecule has 0 atom stereocenters. The first-order valence-corrected chi connectivity index (χ1v) is 6.57. The van der Waals surface area contributed by atoms with Crippen LogP contribution < -0.4 is 15.5 Å². The lowest BCUT2D eigenvalue weighted by Gasteiger charge is -2.22. The van der Waals surface area contributed by atoms with Gasteiger partial charge in [-0.1, -0.05) is 18.2 Å². The Balaban J connectivity index is 2.08. The molecule has 6 nitrogen and oxygen atoms in total. The highest BCUT2D eigenvalue weighted by Crippen LogP contribution is 2.22. The van der Waals surface area contributed by atoms with Gasteiger partial charge in [-0.3, -0.25) is 9.59 Å². The average Bonchev–Trinajstić information content (AvgIpc) is 2.60. The molecule has 0 saturated carbocycles. The number of methoxy groups -OCH3 is 1. The summed E-state index contributed by atoms with van der Waals surface area (Å²) in [6.07, 6.45) is 0. The van der Waals surface area contributed by atoms with Gasteiger partial charge in [-0.25, -0.2) is 0 Å². The Labute approximate surface area is 118 Å². The molecule has 0 radical (unpaired) electrons. The minimum Gasteiger partial charge on any atom is -0.383 e. The predicted octanol–water partition coefficient (Wildman–Crippen LogP) is -0.115. The van der Waals surface area contributed by atoms with Gasteiger partial charge >= 0.3 is 0 Å². The van der Waals surface area contributed by atoms with E-state index in [-0.39, 0.29) is 24.9 Å². The van der Waals surface area contributed by atoms with E-state index in [2.05, 4.69) is 10.6 Å². The van der Waals surface area contributed by atoms with Crippen molar-refractivity contribution in [2.45, 2.75) is 6.54 Å². The van der Waals surface area contributed by atoms with E-state index < -0.39 is 0 Å². The van der Waals surface area contributed by atoms with Crippen LogP contribution in [0.5, 0.6) is 0 Å². The molecule has 0 saturated heterocycles. The number of ether oxygens (including phenoxy) is 1. The largest absolute Gasteiger partial charge is 0.383 e. The molecule has 0 unspecified atom stereocenters. The Morgan fingerprint density at radius 2 is 2.20 bits per heavy atom. The van der Waals surface area contributed by atoms with E-state index in [0.717, 1.165) is 11.3 Å². The molecule has 1 aliphatic heterocycles. The second-order valence-corrected chi connectivity index (χ2v) is 4.55. The smallest absolute Gasteiger partial charge is 0.241 e. The van der Waals surface area contributed by atoms with Crippen LogP contribution in [0.1, 0.15) is 5.56 Å². The molecule has 2 rings (SSSR count). The van der Waals surface area contributed by atoms with E-state index in [0.29, 0.717) is 19.7 Å². The summed E-state index contributed by atoms with van der Waals surface area (Å²) in [6, 6.07) is 7.61. The van der Waals surface area contributed by atoms with Gasteiger partial charge in [0.2, 0.25) is 11.8 Å². The second-order valence-electron chi connectivity index (χ2n) is 4.55. The van der Waals surface area contributed by atoms with Gasteiger partial charge in [-0.15, -0.1) is 0 Å². The number of amides is 2. The number of para-hydroxylation sites is 1. The number of carbonyl (C=O) groups excluding carboxylic acids is 2. The van der Waals surface area contributed by atoms with Gasteiger partial charge in [-0.2, -0.15) is 0 Å². The summed E-state index contributed by atoms with van der Waals surface area (Å²) in [7, 11) is 1.58. The molecule has 2 amide bonds. The lowest BCUT2D eigenvalue weighted by molar-refractivity contribution is -0.123. The fraction of sp³-hybridized carbons (Fsp3) is 0.429. The number of benzene rings is 1. The summed E-state index contributed by atoms with van der Waals surface area (Å²) in [5.74, 6) is -0.288. The zero-order valence-corrected chi connectivity index (χ0v) is 11.5. The highest BCUT2D eigenvalue weighted by atomic mass is 16.5. The molecule has 0 bridgehead atoms. The van der Waals surface area contributed by atoms with Crippen LogP contribution in [0.2, 0.25) is 0 Å². The third-order valence-corrected chi connectivity index (χ3v) is 3.11. The number of fused-ring (bicyclic) bond motifs is 1. The number of anilines is 1. The molecular formula is C14H19N3O3. The second kappa shape index (κ2) is 7.02. The maximum absolute atomic E-state index is 12.1. The normalized spacial score (nSPS) is 14.7. The zero-order valence-electron chi connectivity index (χ0n) is 11.5. The van der Waals surface area contributed by atoms with E-state index in [9.17, 15) is 9.59 Å². The summed E-state index contributed by atoms with van der Waals surface area (Å²) in [5.41, 5.74) is 1.81. The van der Waals surface area contributed by atoms with Crippen LogP contribution >= 0.6 is 0 Å². The van der Waals surface area contributed by atoms with E-state index in [4.69, 9.17) is 4.74 Å². The first-order valence-electron chi connectivity index (χ1n) is 6.57. The Hall–Kier alpha value is -1.92. The van der Waals surface area contributed by atoms with Crippen molar-refractivity contribution in [2.75, 3.05) is 38.3 Å². The molecule has 6 heteroatoms. The van der Waals surface area contributed by atoms with Crippen LogP contribution in [-0.4, -0.2) is 45.2 Å². The molecule has 2 N–H and O–H groups in total. The number of hydrogen-bond donors (Lipinski definition) is 2. The average molecular weight is 277 g/mol. The minimum absolute atomic E-state index is 0.0290. The van der Waals surface area contributed by atoms with Crippen molar-refractivity contribution >= 4 is 17.5 Å². The molecule has 1 aromatic rings. The van der Waals surface area contributed by atoms with Gasteiger partial charge in [0, 0.05) is 25.9 Å². The summed E-state index contributed by atoms with van der Waals surface area (Å²) in [6.45, 7) is 1.79. The van der Waals surface area contributed by atoms with Crippen LogP contribution in [0.4, 0.5) is 5.69 Å². The van der Waals surface area contributed by atoms with E-state index >= 15 is 0 Å². The van der Waals surface area contributed by atoms with Crippen molar-refractivity contribution < 1.29 is 14.3 Å². The van der Waals surface area contributed by atoms with E-state index in [1.807, 2.05) is 24.3 Å². The Morgan fingerprint density at radius 1 is 1.40 bits per heavy atom. The Bertz CT molecular complexity index is 490. The van der Waals surface area contributed by atoms with Gasteiger partial charge in [0.25, 0.3) is 0 Å². The predicted molar refractivity (Wildman–Crippen MR) is 75.4 cm³/mol. The van der Waals surface area contributed by atoms with Gasteiger partial charge in [-0.05, 0) is 11.6 Å². The van der Waals surface area contributed by atoms with Gasteiger partial charge in [0.1, 0.15) is 6.54 Å². The molecule has 1 heterocycles. The molecular weight excluding hydrogens is 258 g/mol. The van der Waals surface area contributed by atoms with Gasteiger partial charge in [0.15, 0.2) is 0 Å². The number of nitrogens with one attached hydrogen (secondary N) is 2. The number of rotatable bonds is 5. The quantitative estimate of drug-likeness (QED) is 0.737. The van der Waals surface area contributed by atoms with Crippen LogP contribution in [0.15, 0.2) is 24.3 Å².